The van der Waals surface area contributed by atoms with Gasteiger partial charge in [-0.05, 0) is 25.0 Å². The Bertz CT molecular complexity index is 474. The zero-order valence-electron chi connectivity index (χ0n) is 11.8. The van der Waals surface area contributed by atoms with Crippen molar-refractivity contribution in [3.05, 3.63) is 35.4 Å². The number of oxime groups is 1. The largest absolute Gasteiger partial charge is 0.409 e. The van der Waals surface area contributed by atoms with Crippen LogP contribution in [0.1, 0.15) is 30.9 Å². The van der Waals surface area contributed by atoms with Crippen molar-refractivity contribution in [3.63, 3.8) is 0 Å². The lowest BCUT2D eigenvalue weighted by Crippen LogP contribution is -2.24. The van der Waals surface area contributed by atoms with Gasteiger partial charge in [0, 0.05) is 25.6 Å². The third-order valence-corrected chi connectivity index (χ3v) is 3.00. The van der Waals surface area contributed by atoms with E-state index in [4.69, 9.17) is 15.7 Å². The molecule has 110 valence electrons. The lowest BCUT2D eigenvalue weighted by molar-refractivity contribution is -0.121. The molecule has 0 aliphatic rings. The number of amidine groups is 1. The Morgan fingerprint density at radius 2 is 2.30 bits per heavy atom. The van der Waals surface area contributed by atoms with E-state index in [2.05, 4.69) is 10.5 Å². The van der Waals surface area contributed by atoms with Crippen LogP contribution in [0.5, 0.6) is 0 Å². The number of carbonyl (C=O) groups is 1. The number of nitrogens with zero attached hydrogens (tertiary/aromatic N) is 1. The molecule has 1 rings (SSSR count). The minimum absolute atomic E-state index is 0.0249. The fourth-order valence-corrected chi connectivity index (χ4v) is 1.64. The van der Waals surface area contributed by atoms with Crippen molar-refractivity contribution < 1.29 is 14.7 Å². The highest BCUT2D eigenvalue weighted by molar-refractivity contribution is 5.97. The van der Waals surface area contributed by atoms with Crippen LogP contribution >= 0.6 is 0 Å². The smallest absolute Gasteiger partial charge is 0.220 e. The summed E-state index contributed by atoms with van der Waals surface area (Å²) >= 11 is 0. The van der Waals surface area contributed by atoms with Crippen LogP contribution in [0.2, 0.25) is 0 Å². The van der Waals surface area contributed by atoms with Gasteiger partial charge in [-0.1, -0.05) is 23.4 Å². The standard InChI is InChI=1S/C14H21N3O3/c1-10(20-2)6-7-13(18)16-9-11-4-3-5-12(8-11)14(15)17-19/h3-5,8,10,19H,6-7,9H2,1-2H3,(H2,15,17)(H,16,18). The molecule has 0 saturated heterocycles. The van der Waals surface area contributed by atoms with Crippen LogP contribution in [-0.4, -0.2) is 30.2 Å². The Labute approximate surface area is 118 Å². The van der Waals surface area contributed by atoms with Gasteiger partial charge in [0.05, 0.1) is 6.10 Å². The number of rotatable bonds is 7. The van der Waals surface area contributed by atoms with Crippen molar-refractivity contribution in [1.82, 2.24) is 5.32 Å². The molecule has 0 aromatic heterocycles. The zero-order chi connectivity index (χ0) is 15.0. The summed E-state index contributed by atoms with van der Waals surface area (Å²) in [7, 11) is 1.63. The summed E-state index contributed by atoms with van der Waals surface area (Å²) in [5.41, 5.74) is 7.02. The summed E-state index contributed by atoms with van der Waals surface area (Å²) in [6.07, 6.45) is 1.19. The molecule has 0 spiro atoms. The van der Waals surface area contributed by atoms with Crippen LogP contribution in [-0.2, 0) is 16.1 Å². The van der Waals surface area contributed by atoms with Crippen LogP contribution in [0, 0.1) is 0 Å². The summed E-state index contributed by atoms with van der Waals surface area (Å²) < 4.78 is 5.09. The van der Waals surface area contributed by atoms with Crippen LogP contribution < -0.4 is 11.1 Å². The average Bonchev–Trinajstić information content (AvgIpc) is 2.49. The van der Waals surface area contributed by atoms with Crippen molar-refractivity contribution in [2.45, 2.75) is 32.4 Å². The van der Waals surface area contributed by atoms with Crippen molar-refractivity contribution >= 4 is 11.7 Å². The van der Waals surface area contributed by atoms with Crippen molar-refractivity contribution in [2.24, 2.45) is 10.9 Å². The third kappa shape index (κ3) is 5.27. The van der Waals surface area contributed by atoms with Gasteiger partial charge < -0.3 is 21.0 Å². The molecule has 0 heterocycles. The second kappa shape index (κ2) is 8.16. The number of methoxy groups -OCH3 is 1. The molecule has 1 aromatic carbocycles. The lowest BCUT2D eigenvalue weighted by atomic mass is 10.1. The molecule has 0 aliphatic heterocycles. The number of benzene rings is 1. The van der Waals surface area contributed by atoms with Gasteiger partial charge in [0.1, 0.15) is 0 Å². The fraction of sp³-hybridized carbons (Fsp3) is 0.429. The fourth-order valence-electron chi connectivity index (χ4n) is 1.64. The molecule has 4 N–H and O–H groups in total. The summed E-state index contributed by atoms with van der Waals surface area (Å²) in [5.74, 6) is 0.0233. The van der Waals surface area contributed by atoms with E-state index >= 15 is 0 Å². The molecule has 6 nitrogen and oxygen atoms in total. The lowest BCUT2D eigenvalue weighted by Gasteiger charge is -2.10. The molecule has 1 aromatic rings. The Balaban J connectivity index is 2.47. The van der Waals surface area contributed by atoms with E-state index in [0.717, 1.165) is 5.56 Å². The minimum Gasteiger partial charge on any atom is -0.409 e. The molecule has 0 aliphatic carbocycles. The number of ether oxygens (including phenoxy) is 1. The van der Waals surface area contributed by atoms with Gasteiger partial charge in [0.15, 0.2) is 5.84 Å². The molecule has 6 heteroatoms. The predicted molar refractivity (Wildman–Crippen MR) is 76.5 cm³/mol. The van der Waals surface area contributed by atoms with Crippen LogP contribution in [0.3, 0.4) is 0 Å². The van der Waals surface area contributed by atoms with E-state index < -0.39 is 0 Å². The van der Waals surface area contributed by atoms with Gasteiger partial charge in [-0.25, -0.2) is 0 Å². The average molecular weight is 279 g/mol. The SMILES string of the molecule is COC(C)CCC(=O)NCc1cccc(/C(N)=N/O)c1. The molecule has 20 heavy (non-hydrogen) atoms. The van der Waals surface area contributed by atoms with Gasteiger partial charge >= 0.3 is 0 Å². The number of amides is 1. The number of nitrogens with two attached hydrogens (primary N) is 1. The molecule has 1 amide bonds. The molecule has 0 fully saturated rings. The van der Waals surface area contributed by atoms with E-state index in [1.54, 1.807) is 25.3 Å². The van der Waals surface area contributed by atoms with Gasteiger partial charge in [-0.3, -0.25) is 4.79 Å². The third-order valence-electron chi connectivity index (χ3n) is 3.00. The van der Waals surface area contributed by atoms with Crippen molar-refractivity contribution in [3.8, 4) is 0 Å². The number of hydrogen-bond donors (Lipinski definition) is 3. The minimum atomic E-state index is -0.0249. The van der Waals surface area contributed by atoms with Crippen molar-refractivity contribution in [2.75, 3.05) is 7.11 Å². The first kappa shape index (κ1) is 16.0. The maximum atomic E-state index is 11.7. The summed E-state index contributed by atoms with van der Waals surface area (Å²) in [4.78, 5) is 11.7. The van der Waals surface area contributed by atoms with Crippen LogP contribution in [0.15, 0.2) is 29.4 Å². The van der Waals surface area contributed by atoms with Crippen LogP contribution in [0.4, 0.5) is 0 Å². The number of carbonyl (C=O) groups excluding carboxylic acids is 1. The molecule has 0 radical (unpaired) electrons. The Kier molecular flexibility index (Phi) is 6.52. The van der Waals surface area contributed by atoms with Gasteiger partial charge in [-0.15, -0.1) is 0 Å². The van der Waals surface area contributed by atoms with Gasteiger partial charge in [-0.2, -0.15) is 0 Å². The molecule has 1 unspecified atom stereocenters. The monoisotopic (exact) mass is 279 g/mol. The first-order valence-electron chi connectivity index (χ1n) is 6.43. The van der Waals surface area contributed by atoms with Gasteiger partial charge in [0.25, 0.3) is 0 Å². The van der Waals surface area contributed by atoms with Gasteiger partial charge in [0.2, 0.25) is 5.91 Å². The second-order valence-corrected chi connectivity index (χ2v) is 4.55. The highest BCUT2D eigenvalue weighted by Gasteiger charge is 2.06. The normalized spacial score (nSPS) is 13.0. The first-order valence-corrected chi connectivity index (χ1v) is 6.43. The van der Waals surface area contributed by atoms with E-state index in [-0.39, 0.29) is 17.8 Å². The van der Waals surface area contributed by atoms with E-state index in [0.29, 0.717) is 24.9 Å². The Hall–Kier alpha value is -2.08. The molecule has 0 bridgehead atoms. The maximum Gasteiger partial charge on any atom is 0.220 e. The van der Waals surface area contributed by atoms with E-state index in [1.165, 1.54) is 0 Å². The summed E-state index contributed by atoms with van der Waals surface area (Å²) in [6.45, 7) is 2.33. The maximum absolute atomic E-state index is 11.7. The quantitative estimate of drug-likeness (QED) is 0.302. The Morgan fingerprint density at radius 1 is 1.55 bits per heavy atom. The van der Waals surface area contributed by atoms with Crippen molar-refractivity contribution in [1.29, 1.82) is 0 Å². The highest BCUT2D eigenvalue weighted by atomic mass is 16.5. The topological polar surface area (TPSA) is 96.9 Å². The number of hydrogen-bond acceptors (Lipinski definition) is 4. The van der Waals surface area contributed by atoms with E-state index in [1.807, 2.05) is 13.0 Å². The highest BCUT2D eigenvalue weighted by Crippen LogP contribution is 2.05. The first-order chi connectivity index (χ1) is 9.56. The second-order valence-electron chi connectivity index (χ2n) is 4.55. The summed E-state index contributed by atoms with van der Waals surface area (Å²) in [6, 6.07) is 7.17. The Morgan fingerprint density at radius 3 is 2.95 bits per heavy atom. The molecular weight excluding hydrogens is 258 g/mol. The zero-order valence-corrected chi connectivity index (χ0v) is 11.8. The molecule has 0 saturated carbocycles. The number of nitrogens with one attached hydrogen (secondary N) is 1. The molecule has 1 atom stereocenters. The summed E-state index contributed by atoms with van der Waals surface area (Å²) in [5, 5.41) is 14.4. The van der Waals surface area contributed by atoms with Crippen LogP contribution in [0.25, 0.3) is 0 Å². The molecular formula is C14H21N3O3. The predicted octanol–water partition coefficient (Wildman–Crippen LogP) is 1.21. The van der Waals surface area contributed by atoms with E-state index in [9.17, 15) is 4.79 Å².